The second-order valence-corrected chi connectivity index (χ2v) is 5.85. The largest absolute Gasteiger partial charge is 0.404 e. The lowest BCUT2D eigenvalue weighted by Gasteiger charge is -2.28. The highest BCUT2D eigenvalue weighted by atomic mass is 19.4. The van der Waals surface area contributed by atoms with E-state index >= 15 is 0 Å². The lowest BCUT2D eigenvalue weighted by Crippen LogP contribution is -2.30. The van der Waals surface area contributed by atoms with Crippen LogP contribution in [0.5, 0.6) is 0 Å². The summed E-state index contributed by atoms with van der Waals surface area (Å²) in [5, 5.41) is 0. The van der Waals surface area contributed by atoms with Crippen molar-refractivity contribution in [2.75, 3.05) is 18.5 Å². The number of halogens is 4. The maximum atomic E-state index is 13.7. The molecule has 0 aliphatic carbocycles. The molecular weight excluding hydrogens is 330 g/mol. The SMILES string of the molecule is CC.CC.CN1CCCc2c(C#CC(C)(C)C(F)(F)F)cc(F)cc21. The monoisotopic (exact) mass is 359 g/mol. The van der Waals surface area contributed by atoms with Crippen molar-refractivity contribution in [1.29, 1.82) is 0 Å². The van der Waals surface area contributed by atoms with Gasteiger partial charge in [-0.3, -0.25) is 0 Å². The van der Waals surface area contributed by atoms with Crippen LogP contribution in [0.1, 0.15) is 59.1 Å². The van der Waals surface area contributed by atoms with Crippen molar-refractivity contribution in [2.24, 2.45) is 5.41 Å². The third-order valence-electron chi connectivity index (χ3n) is 3.74. The van der Waals surface area contributed by atoms with Gasteiger partial charge in [-0.05, 0) is 44.4 Å². The zero-order chi connectivity index (χ0) is 19.8. The number of hydrogen-bond donors (Lipinski definition) is 0. The number of alkyl halides is 3. The standard InChI is InChI=1S/C16H17F4N.2C2H6/c1-15(2,16(18,19)20)7-6-11-9-12(17)10-14-13(11)5-4-8-21(14)3;2*1-2/h9-10H,4-5,8H2,1-3H3;2*1-2H3. The summed E-state index contributed by atoms with van der Waals surface area (Å²) in [6.07, 6.45) is -2.83. The molecular formula is C20H29F4N. The molecule has 0 unspecified atom stereocenters. The fraction of sp³-hybridized carbons (Fsp3) is 0.600. The summed E-state index contributed by atoms with van der Waals surface area (Å²) in [4.78, 5) is 1.90. The van der Waals surface area contributed by atoms with Gasteiger partial charge in [-0.15, -0.1) is 0 Å². The lowest BCUT2D eigenvalue weighted by molar-refractivity contribution is -0.190. The predicted octanol–water partition coefficient (Wildman–Crippen LogP) is 6.20. The highest BCUT2D eigenvalue weighted by Gasteiger charge is 2.46. The van der Waals surface area contributed by atoms with Crippen LogP contribution in [0.15, 0.2) is 12.1 Å². The topological polar surface area (TPSA) is 3.24 Å². The zero-order valence-electron chi connectivity index (χ0n) is 16.2. The lowest BCUT2D eigenvalue weighted by atomic mass is 9.91. The number of benzene rings is 1. The Bertz CT molecular complexity index is 607. The molecule has 0 atom stereocenters. The van der Waals surface area contributed by atoms with E-state index in [0.717, 1.165) is 38.1 Å². The molecule has 0 saturated heterocycles. The summed E-state index contributed by atoms with van der Waals surface area (Å²) in [5.41, 5.74) is -0.216. The molecule has 1 aromatic rings. The van der Waals surface area contributed by atoms with Crippen LogP contribution >= 0.6 is 0 Å². The van der Waals surface area contributed by atoms with Crippen LogP contribution in [0.2, 0.25) is 0 Å². The smallest absolute Gasteiger partial charge is 0.374 e. The van der Waals surface area contributed by atoms with Crippen LogP contribution in [0, 0.1) is 23.1 Å². The minimum Gasteiger partial charge on any atom is -0.374 e. The quantitative estimate of drug-likeness (QED) is 0.394. The Balaban J connectivity index is 0.00000134. The van der Waals surface area contributed by atoms with Crippen molar-refractivity contribution >= 4 is 5.69 Å². The highest BCUT2D eigenvalue weighted by Crippen LogP contribution is 2.37. The molecule has 0 radical (unpaired) electrons. The van der Waals surface area contributed by atoms with Crippen LogP contribution < -0.4 is 4.90 Å². The Kier molecular flexibility index (Phi) is 9.04. The van der Waals surface area contributed by atoms with Crippen LogP contribution in [0.25, 0.3) is 0 Å². The Morgan fingerprint density at radius 3 is 2.12 bits per heavy atom. The van der Waals surface area contributed by atoms with Gasteiger partial charge in [-0.1, -0.05) is 39.5 Å². The molecule has 142 valence electrons. The van der Waals surface area contributed by atoms with E-state index in [2.05, 4.69) is 11.8 Å². The average Bonchev–Trinajstić information content (AvgIpc) is 2.56. The van der Waals surface area contributed by atoms with Crippen molar-refractivity contribution in [1.82, 2.24) is 0 Å². The van der Waals surface area contributed by atoms with Gasteiger partial charge < -0.3 is 4.90 Å². The first-order chi connectivity index (χ1) is 11.6. The van der Waals surface area contributed by atoms with Gasteiger partial charge in [-0.2, -0.15) is 13.2 Å². The molecule has 1 heterocycles. The molecule has 5 heteroatoms. The van der Waals surface area contributed by atoms with Gasteiger partial charge in [0.25, 0.3) is 0 Å². The Labute approximate surface area is 149 Å². The Hall–Kier alpha value is -1.70. The van der Waals surface area contributed by atoms with Gasteiger partial charge in [0.2, 0.25) is 0 Å². The van der Waals surface area contributed by atoms with Crippen molar-refractivity contribution in [3.63, 3.8) is 0 Å². The van der Waals surface area contributed by atoms with Gasteiger partial charge in [-0.25, -0.2) is 4.39 Å². The number of nitrogens with zero attached hydrogens (tertiary/aromatic N) is 1. The summed E-state index contributed by atoms with van der Waals surface area (Å²) in [6.45, 7) is 10.9. The molecule has 1 aliphatic heterocycles. The minimum absolute atomic E-state index is 0.355. The zero-order valence-corrected chi connectivity index (χ0v) is 16.2. The molecule has 1 aliphatic rings. The summed E-state index contributed by atoms with van der Waals surface area (Å²) in [7, 11) is 1.84. The second-order valence-electron chi connectivity index (χ2n) is 5.85. The average molecular weight is 359 g/mol. The minimum atomic E-state index is -4.41. The first kappa shape index (κ1) is 23.3. The van der Waals surface area contributed by atoms with Gasteiger partial charge in [0.05, 0.1) is 0 Å². The van der Waals surface area contributed by atoms with Crippen molar-refractivity contribution in [3.8, 4) is 11.8 Å². The third kappa shape index (κ3) is 5.95. The number of hydrogen-bond acceptors (Lipinski definition) is 1. The first-order valence-corrected chi connectivity index (χ1v) is 8.75. The molecule has 1 nitrogen and oxygen atoms in total. The normalized spacial score (nSPS) is 13.3. The molecule has 0 aromatic heterocycles. The number of rotatable bonds is 0. The first-order valence-electron chi connectivity index (χ1n) is 8.75. The fourth-order valence-electron chi connectivity index (χ4n) is 2.25. The Morgan fingerprint density at radius 2 is 1.60 bits per heavy atom. The van der Waals surface area contributed by atoms with Gasteiger partial charge in [0, 0.05) is 24.8 Å². The van der Waals surface area contributed by atoms with E-state index in [1.165, 1.54) is 12.1 Å². The molecule has 1 aromatic carbocycles. The van der Waals surface area contributed by atoms with Crippen LogP contribution in [0.3, 0.4) is 0 Å². The van der Waals surface area contributed by atoms with Crippen LogP contribution in [0.4, 0.5) is 23.2 Å². The number of anilines is 1. The molecule has 0 fully saturated rings. The van der Waals surface area contributed by atoms with Gasteiger partial charge in [0.15, 0.2) is 0 Å². The molecule has 25 heavy (non-hydrogen) atoms. The van der Waals surface area contributed by atoms with Crippen molar-refractivity contribution in [3.05, 3.63) is 29.1 Å². The van der Waals surface area contributed by atoms with E-state index < -0.39 is 17.4 Å². The van der Waals surface area contributed by atoms with Gasteiger partial charge in [0.1, 0.15) is 11.2 Å². The second kappa shape index (κ2) is 9.70. The summed E-state index contributed by atoms with van der Waals surface area (Å²) in [6, 6.07) is 2.63. The fourth-order valence-corrected chi connectivity index (χ4v) is 2.25. The maximum absolute atomic E-state index is 13.7. The highest BCUT2D eigenvalue weighted by molar-refractivity contribution is 5.62. The predicted molar refractivity (Wildman–Crippen MR) is 97.4 cm³/mol. The van der Waals surface area contributed by atoms with E-state index in [9.17, 15) is 17.6 Å². The molecule has 0 N–H and O–H groups in total. The summed E-state index contributed by atoms with van der Waals surface area (Å²) < 4.78 is 52.2. The van der Waals surface area contributed by atoms with Gasteiger partial charge >= 0.3 is 6.18 Å². The van der Waals surface area contributed by atoms with Crippen molar-refractivity contribution < 1.29 is 17.6 Å². The van der Waals surface area contributed by atoms with Crippen LogP contribution in [-0.4, -0.2) is 19.8 Å². The van der Waals surface area contributed by atoms with Crippen molar-refractivity contribution in [2.45, 2.75) is 60.6 Å². The summed E-state index contributed by atoms with van der Waals surface area (Å²) >= 11 is 0. The molecule has 2 rings (SSSR count). The van der Waals surface area contributed by atoms with E-state index in [1.807, 2.05) is 39.6 Å². The third-order valence-corrected chi connectivity index (χ3v) is 3.74. The molecule has 0 bridgehead atoms. The van der Waals surface area contributed by atoms with E-state index in [-0.39, 0.29) is 0 Å². The van der Waals surface area contributed by atoms with E-state index in [1.54, 1.807) is 0 Å². The van der Waals surface area contributed by atoms with E-state index in [4.69, 9.17) is 0 Å². The maximum Gasteiger partial charge on any atom is 0.404 e. The molecule has 0 spiro atoms. The van der Waals surface area contributed by atoms with E-state index in [0.29, 0.717) is 12.0 Å². The summed E-state index contributed by atoms with van der Waals surface area (Å²) in [5.74, 6) is 4.32. The molecule has 0 amide bonds. The number of fused-ring (bicyclic) bond motifs is 1. The Morgan fingerprint density at radius 1 is 1.04 bits per heavy atom. The molecule has 0 saturated carbocycles. The van der Waals surface area contributed by atoms with Crippen LogP contribution in [-0.2, 0) is 6.42 Å².